The predicted octanol–water partition coefficient (Wildman–Crippen LogP) is 5.77. The average molecular weight is 514 g/mol. The molecule has 2 unspecified atom stereocenters. The van der Waals surface area contributed by atoms with Crippen molar-refractivity contribution in [1.82, 2.24) is 9.91 Å². The number of carbonyl (C=O) groups excluding carboxylic acids is 1. The maximum atomic E-state index is 12.4. The lowest BCUT2D eigenvalue weighted by Gasteiger charge is -2.38. The minimum absolute atomic E-state index is 0.0689. The minimum Gasteiger partial charge on any atom is -0.497 e. The number of hydrogen-bond donors (Lipinski definition) is 0. The molecule has 36 heavy (non-hydrogen) atoms. The highest BCUT2D eigenvalue weighted by Gasteiger charge is 2.40. The van der Waals surface area contributed by atoms with Gasteiger partial charge in [-0.3, -0.25) is 9.69 Å². The number of ether oxygens (including phenoxy) is 2. The number of nitrogens with zero attached hydrogens (tertiary/aromatic N) is 3. The Morgan fingerprint density at radius 1 is 1.11 bits per heavy atom. The molecule has 0 bridgehead atoms. The van der Waals surface area contributed by atoms with E-state index in [1.54, 1.807) is 14.2 Å². The van der Waals surface area contributed by atoms with E-state index < -0.39 is 0 Å². The summed E-state index contributed by atoms with van der Waals surface area (Å²) < 4.78 is 12.5. The summed E-state index contributed by atoms with van der Waals surface area (Å²) in [6.07, 6.45) is 2.29. The third-order valence-electron chi connectivity index (χ3n) is 6.61. The van der Waals surface area contributed by atoms with Crippen LogP contribution in [0.2, 0.25) is 0 Å². The molecule has 6 nitrogen and oxygen atoms in total. The van der Waals surface area contributed by atoms with Crippen LogP contribution in [0.1, 0.15) is 40.9 Å². The van der Waals surface area contributed by atoms with Crippen molar-refractivity contribution in [1.29, 1.82) is 0 Å². The van der Waals surface area contributed by atoms with Crippen molar-refractivity contribution in [2.24, 2.45) is 5.10 Å². The summed E-state index contributed by atoms with van der Waals surface area (Å²) in [7, 11) is 3.37. The highest BCUT2D eigenvalue weighted by molar-refractivity contribution is 8.26. The van der Waals surface area contributed by atoms with Gasteiger partial charge in [0, 0.05) is 30.2 Å². The van der Waals surface area contributed by atoms with Crippen LogP contribution in [0.15, 0.2) is 82.8 Å². The molecule has 0 aromatic heterocycles. The topological polar surface area (TPSA) is 54.4 Å². The second kappa shape index (κ2) is 9.11. The summed E-state index contributed by atoms with van der Waals surface area (Å²) in [4.78, 5) is 14.5. The quantitative estimate of drug-likeness (QED) is 0.326. The van der Waals surface area contributed by atoms with Crippen LogP contribution in [0.4, 0.5) is 0 Å². The van der Waals surface area contributed by atoms with Gasteiger partial charge < -0.3 is 9.47 Å². The second-order valence-corrected chi connectivity index (χ2v) is 10.5. The molecule has 3 heterocycles. The number of carbonyl (C=O) groups is 1. The number of thioether (sulfide) groups is 1. The van der Waals surface area contributed by atoms with Gasteiger partial charge in [0.15, 0.2) is 0 Å². The molecule has 1 saturated heterocycles. The van der Waals surface area contributed by atoms with Gasteiger partial charge in [0.05, 0.1) is 23.8 Å². The first-order chi connectivity index (χ1) is 17.5. The Kier molecular flexibility index (Phi) is 5.78. The minimum atomic E-state index is -0.365. The highest BCUT2D eigenvalue weighted by atomic mass is 32.2. The molecule has 8 heteroatoms. The van der Waals surface area contributed by atoms with Gasteiger partial charge in [-0.15, -0.1) is 0 Å². The molecule has 180 valence electrons. The number of methoxy groups -OCH3 is 1. The molecule has 0 N–H and O–H groups in total. The van der Waals surface area contributed by atoms with E-state index in [4.69, 9.17) is 26.8 Å². The highest BCUT2D eigenvalue weighted by Crippen LogP contribution is 2.47. The molecule has 1 amide bonds. The normalized spacial score (nSPS) is 21.8. The third-order valence-corrected chi connectivity index (χ3v) is 8.09. The molecule has 3 aliphatic heterocycles. The molecule has 3 aromatic carbocycles. The molecular formula is C28H23N3O3S2. The summed E-state index contributed by atoms with van der Waals surface area (Å²) in [5, 5.41) is 7.10. The number of benzene rings is 3. The number of hydrazone groups is 1. The number of thiocarbonyl (C=S) groups is 1. The van der Waals surface area contributed by atoms with Crippen molar-refractivity contribution in [3.05, 3.63) is 100.0 Å². The van der Waals surface area contributed by atoms with Crippen LogP contribution in [0, 0.1) is 0 Å². The zero-order valence-corrected chi connectivity index (χ0v) is 21.4. The van der Waals surface area contributed by atoms with E-state index in [1.165, 1.54) is 16.7 Å². The Morgan fingerprint density at radius 3 is 2.67 bits per heavy atom. The van der Waals surface area contributed by atoms with Crippen LogP contribution in [-0.2, 0) is 4.79 Å². The van der Waals surface area contributed by atoms with Crippen molar-refractivity contribution in [3.63, 3.8) is 0 Å². The van der Waals surface area contributed by atoms with Gasteiger partial charge in [0.1, 0.15) is 15.8 Å². The Morgan fingerprint density at radius 2 is 1.92 bits per heavy atom. The summed E-state index contributed by atoms with van der Waals surface area (Å²) in [6.45, 7) is 0. The Balaban J connectivity index is 1.33. The van der Waals surface area contributed by atoms with Crippen LogP contribution in [0.5, 0.6) is 11.5 Å². The standard InChI is InChI=1S/C28H23N3O3S2/c1-30-26(32)25(36-28(30)35)14-17-10-12-18(13-11-17)27-31-23(21-8-3-4-9-24(21)34-27)16-22(29-31)19-6-5-7-20(15-19)33-2/h3-15,23,27H,16H2,1-2H3/b25-14-. The SMILES string of the molecule is COc1cccc(C2=NN3C(C2)c2ccccc2OC3c2ccc(/C=C3\SC(=S)N(C)C3=O)cc2)c1. The van der Waals surface area contributed by atoms with Crippen LogP contribution in [0.25, 0.3) is 6.08 Å². The van der Waals surface area contributed by atoms with E-state index in [0.717, 1.165) is 45.9 Å². The smallest absolute Gasteiger partial charge is 0.265 e. The molecule has 0 radical (unpaired) electrons. The first-order valence-corrected chi connectivity index (χ1v) is 12.8. The Hall–Kier alpha value is -3.62. The zero-order chi connectivity index (χ0) is 24.8. The largest absolute Gasteiger partial charge is 0.497 e. The number of para-hydroxylation sites is 1. The van der Waals surface area contributed by atoms with Gasteiger partial charge in [0.25, 0.3) is 5.91 Å². The fraction of sp³-hybridized carbons (Fsp3) is 0.179. The van der Waals surface area contributed by atoms with E-state index in [1.807, 2.05) is 66.7 Å². The van der Waals surface area contributed by atoms with Gasteiger partial charge in [-0.1, -0.05) is 78.6 Å². The van der Waals surface area contributed by atoms with Crippen LogP contribution in [-0.4, -0.2) is 40.0 Å². The Labute approximate surface area is 219 Å². The van der Waals surface area contributed by atoms with Gasteiger partial charge in [-0.05, 0) is 29.8 Å². The summed E-state index contributed by atoms with van der Waals surface area (Å²) in [5.41, 5.74) is 5.10. The maximum absolute atomic E-state index is 12.4. The molecule has 3 aromatic rings. The molecule has 3 aliphatic rings. The lowest BCUT2D eigenvalue weighted by Crippen LogP contribution is -2.33. The number of likely N-dealkylation sites (N-methyl/N-ethyl adjacent to an activating group) is 1. The van der Waals surface area contributed by atoms with Crippen molar-refractivity contribution in [3.8, 4) is 11.5 Å². The number of fused-ring (bicyclic) bond motifs is 3. The third kappa shape index (κ3) is 3.96. The van der Waals surface area contributed by atoms with Crippen molar-refractivity contribution in [2.45, 2.75) is 18.7 Å². The monoisotopic (exact) mass is 513 g/mol. The fourth-order valence-corrected chi connectivity index (χ4v) is 5.86. The van der Waals surface area contributed by atoms with Crippen molar-refractivity contribution in [2.75, 3.05) is 14.2 Å². The van der Waals surface area contributed by atoms with E-state index in [2.05, 4.69) is 17.1 Å². The fourth-order valence-electron chi connectivity index (χ4n) is 4.69. The van der Waals surface area contributed by atoms with Gasteiger partial charge in [-0.25, -0.2) is 5.01 Å². The number of rotatable bonds is 4. The van der Waals surface area contributed by atoms with Crippen LogP contribution < -0.4 is 9.47 Å². The molecule has 0 saturated carbocycles. The second-order valence-electron chi connectivity index (χ2n) is 8.79. The number of amides is 1. The first-order valence-electron chi connectivity index (χ1n) is 11.6. The van der Waals surface area contributed by atoms with E-state index in [-0.39, 0.29) is 18.2 Å². The zero-order valence-electron chi connectivity index (χ0n) is 19.8. The average Bonchev–Trinajstić information content (AvgIpc) is 3.47. The van der Waals surface area contributed by atoms with Crippen molar-refractivity contribution < 1.29 is 14.3 Å². The lowest BCUT2D eigenvalue weighted by molar-refractivity contribution is -0.121. The number of hydrogen-bond acceptors (Lipinski definition) is 7. The first kappa shape index (κ1) is 22.8. The summed E-state index contributed by atoms with van der Waals surface area (Å²) in [5.74, 6) is 1.62. The summed E-state index contributed by atoms with van der Waals surface area (Å²) in [6, 6.07) is 24.3. The molecule has 1 fully saturated rings. The lowest BCUT2D eigenvalue weighted by atomic mass is 9.95. The van der Waals surface area contributed by atoms with Gasteiger partial charge in [-0.2, -0.15) is 5.10 Å². The molecule has 0 aliphatic carbocycles. The molecule has 6 rings (SSSR count). The van der Waals surface area contributed by atoms with E-state index >= 15 is 0 Å². The molecule has 0 spiro atoms. The molecular weight excluding hydrogens is 490 g/mol. The van der Waals surface area contributed by atoms with E-state index in [9.17, 15) is 4.79 Å². The van der Waals surface area contributed by atoms with Gasteiger partial charge >= 0.3 is 0 Å². The van der Waals surface area contributed by atoms with Crippen LogP contribution in [0.3, 0.4) is 0 Å². The van der Waals surface area contributed by atoms with E-state index in [0.29, 0.717) is 9.23 Å². The Bertz CT molecular complexity index is 1430. The maximum Gasteiger partial charge on any atom is 0.265 e. The molecule has 2 atom stereocenters. The van der Waals surface area contributed by atoms with Crippen molar-refractivity contribution >= 4 is 46.0 Å². The van der Waals surface area contributed by atoms with Gasteiger partial charge in [0.2, 0.25) is 6.23 Å². The van der Waals surface area contributed by atoms with Crippen LogP contribution >= 0.6 is 24.0 Å². The summed E-state index contributed by atoms with van der Waals surface area (Å²) >= 11 is 6.56. The predicted molar refractivity (Wildman–Crippen MR) is 146 cm³/mol.